The number of carbonyl (C=O) groups is 1. The quantitative estimate of drug-likeness (QED) is 0.731. The summed E-state index contributed by atoms with van der Waals surface area (Å²) in [5, 5.41) is 3.09. The summed E-state index contributed by atoms with van der Waals surface area (Å²) in [6.45, 7) is 1.92. The summed E-state index contributed by atoms with van der Waals surface area (Å²) >= 11 is 12.6. The number of hydrogen-bond acceptors (Lipinski definition) is 2. The minimum atomic E-state index is -0.251. The molecule has 0 bridgehead atoms. The smallest absolute Gasteiger partial charge is 0.254 e. The van der Waals surface area contributed by atoms with Gasteiger partial charge in [-0.05, 0) is 46.6 Å². The highest BCUT2D eigenvalue weighted by Gasteiger charge is 2.15. The maximum Gasteiger partial charge on any atom is 0.254 e. The van der Waals surface area contributed by atoms with Gasteiger partial charge in [0.15, 0.2) is 0 Å². The minimum absolute atomic E-state index is 0.120. The van der Waals surface area contributed by atoms with Crippen LogP contribution in [0.15, 0.2) is 45.5 Å². The Morgan fingerprint density at radius 3 is 2.55 bits per heavy atom. The molecule has 2 aromatic rings. The number of nitrogens with zero attached hydrogens (tertiary/aromatic N) is 1. The molecule has 0 aliphatic rings. The number of aromatic nitrogens is 1. The average Bonchev–Trinajstić information content (AvgIpc) is 2.42. The standard InChI is InChI=1S/C14H11Br2ClN2O/c1-8(9-2-4-10(15)5-3-9)19-14(20)12-6-11(16)7-18-13(12)17/h2-8H,1H3,(H,19,20)/t8-/m1/s1. The number of nitrogens with one attached hydrogen (secondary N) is 1. The van der Waals surface area contributed by atoms with Crippen molar-refractivity contribution >= 4 is 49.4 Å². The van der Waals surface area contributed by atoms with E-state index < -0.39 is 0 Å². The molecule has 0 saturated heterocycles. The van der Waals surface area contributed by atoms with E-state index in [1.165, 1.54) is 0 Å². The van der Waals surface area contributed by atoms with Gasteiger partial charge in [-0.2, -0.15) is 0 Å². The summed E-state index contributed by atoms with van der Waals surface area (Å²) in [7, 11) is 0. The van der Waals surface area contributed by atoms with Gasteiger partial charge >= 0.3 is 0 Å². The molecule has 1 amide bonds. The van der Waals surface area contributed by atoms with Crippen molar-refractivity contribution in [3.63, 3.8) is 0 Å². The monoisotopic (exact) mass is 416 g/mol. The van der Waals surface area contributed by atoms with Gasteiger partial charge in [0.1, 0.15) is 5.15 Å². The number of benzene rings is 1. The van der Waals surface area contributed by atoms with E-state index in [1.807, 2.05) is 31.2 Å². The van der Waals surface area contributed by atoms with Crippen LogP contribution in [0, 0.1) is 0 Å². The average molecular weight is 419 g/mol. The summed E-state index contributed by atoms with van der Waals surface area (Å²) in [6, 6.07) is 9.31. The first-order valence-electron chi connectivity index (χ1n) is 5.84. The Morgan fingerprint density at radius 1 is 1.25 bits per heavy atom. The van der Waals surface area contributed by atoms with E-state index in [9.17, 15) is 4.79 Å². The molecule has 1 aromatic carbocycles. The lowest BCUT2D eigenvalue weighted by atomic mass is 10.1. The number of amides is 1. The number of halogens is 3. The summed E-state index contributed by atoms with van der Waals surface area (Å²) < 4.78 is 1.71. The molecule has 2 rings (SSSR count). The molecular formula is C14H11Br2ClN2O. The Bertz CT molecular complexity index is 632. The lowest BCUT2D eigenvalue weighted by Crippen LogP contribution is -2.27. The van der Waals surface area contributed by atoms with Crippen LogP contribution in [0.2, 0.25) is 5.15 Å². The van der Waals surface area contributed by atoms with Crippen LogP contribution >= 0.6 is 43.5 Å². The van der Waals surface area contributed by atoms with Crippen LogP contribution in [0.3, 0.4) is 0 Å². The van der Waals surface area contributed by atoms with Crippen molar-refractivity contribution in [3.05, 3.63) is 61.8 Å². The topological polar surface area (TPSA) is 42.0 Å². The van der Waals surface area contributed by atoms with Crippen LogP contribution < -0.4 is 5.32 Å². The summed E-state index contributed by atoms with van der Waals surface area (Å²) in [6.07, 6.45) is 1.55. The van der Waals surface area contributed by atoms with Gasteiger partial charge in [0, 0.05) is 15.1 Å². The van der Waals surface area contributed by atoms with E-state index in [2.05, 4.69) is 42.2 Å². The predicted octanol–water partition coefficient (Wildman–Crippen LogP) is 4.75. The summed E-state index contributed by atoms with van der Waals surface area (Å²) in [4.78, 5) is 16.1. The number of hydrogen-bond donors (Lipinski definition) is 1. The van der Waals surface area contributed by atoms with E-state index in [0.717, 1.165) is 10.0 Å². The van der Waals surface area contributed by atoms with Crippen molar-refractivity contribution in [2.24, 2.45) is 0 Å². The van der Waals surface area contributed by atoms with Crippen molar-refractivity contribution < 1.29 is 4.79 Å². The molecule has 0 fully saturated rings. The second-order valence-electron chi connectivity index (χ2n) is 4.24. The fourth-order valence-corrected chi connectivity index (χ4v) is 2.48. The molecular weight excluding hydrogens is 407 g/mol. The van der Waals surface area contributed by atoms with Crippen LogP contribution in [-0.4, -0.2) is 10.9 Å². The highest BCUT2D eigenvalue weighted by molar-refractivity contribution is 9.10. The zero-order valence-electron chi connectivity index (χ0n) is 10.5. The van der Waals surface area contributed by atoms with E-state index in [0.29, 0.717) is 10.0 Å². The third kappa shape index (κ3) is 3.81. The normalized spacial score (nSPS) is 12.0. The van der Waals surface area contributed by atoms with E-state index >= 15 is 0 Å². The first-order valence-corrected chi connectivity index (χ1v) is 7.81. The zero-order valence-corrected chi connectivity index (χ0v) is 14.5. The fourth-order valence-electron chi connectivity index (χ4n) is 1.69. The second kappa shape index (κ2) is 6.70. The van der Waals surface area contributed by atoms with Gasteiger partial charge in [0.2, 0.25) is 0 Å². The SMILES string of the molecule is C[C@@H](NC(=O)c1cc(Br)cnc1Cl)c1ccc(Br)cc1. The van der Waals surface area contributed by atoms with Crippen molar-refractivity contribution in [2.75, 3.05) is 0 Å². The Labute approximate surface area is 139 Å². The molecule has 6 heteroatoms. The van der Waals surface area contributed by atoms with E-state index in [1.54, 1.807) is 12.3 Å². The lowest BCUT2D eigenvalue weighted by molar-refractivity contribution is 0.0939. The maximum absolute atomic E-state index is 12.2. The van der Waals surface area contributed by atoms with Crippen LogP contribution in [0.4, 0.5) is 0 Å². The second-order valence-corrected chi connectivity index (χ2v) is 6.43. The lowest BCUT2D eigenvalue weighted by Gasteiger charge is -2.15. The molecule has 1 heterocycles. The van der Waals surface area contributed by atoms with Gasteiger partial charge in [-0.1, -0.05) is 39.7 Å². The Morgan fingerprint density at radius 2 is 1.90 bits per heavy atom. The van der Waals surface area contributed by atoms with Gasteiger partial charge in [0.25, 0.3) is 5.91 Å². The molecule has 0 unspecified atom stereocenters. The molecule has 0 spiro atoms. The first-order chi connectivity index (χ1) is 9.47. The molecule has 104 valence electrons. The van der Waals surface area contributed by atoms with Crippen molar-refractivity contribution in [2.45, 2.75) is 13.0 Å². The molecule has 0 radical (unpaired) electrons. The van der Waals surface area contributed by atoms with Crippen molar-refractivity contribution in [1.82, 2.24) is 10.3 Å². The fraction of sp³-hybridized carbons (Fsp3) is 0.143. The van der Waals surface area contributed by atoms with Gasteiger partial charge in [-0.25, -0.2) is 4.98 Å². The Kier molecular flexibility index (Phi) is 5.18. The maximum atomic E-state index is 12.2. The molecule has 1 atom stereocenters. The zero-order chi connectivity index (χ0) is 14.7. The third-order valence-corrected chi connectivity index (χ3v) is 4.03. The number of pyridine rings is 1. The predicted molar refractivity (Wildman–Crippen MR) is 87.0 cm³/mol. The summed E-state index contributed by atoms with van der Waals surface area (Å²) in [5.74, 6) is -0.251. The van der Waals surface area contributed by atoms with Gasteiger partial charge in [-0.15, -0.1) is 0 Å². The van der Waals surface area contributed by atoms with Crippen molar-refractivity contribution in [1.29, 1.82) is 0 Å². The molecule has 3 nitrogen and oxygen atoms in total. The largest absolute Gasteiger partial charge is 0.345 e. The van der Waals surface area contributed by atoms with Crippen LogP contribution in [-0.2, 0) is 0 Å². The van der Waals surface area contributed by atoms with Gasteiger partial charge in [-0.3, -0.25) is 4.79 Å². The Balaban J connectivity index is 2.15. The molecule has 1 N–H and O–H groups in total. The highest BCUT2D eigenvalue weighted by Crippen LogP contribution is 2.20. The number of rotatable bonds is 3. The van der Waals surface area contributed by atoms with Gasteiger partial charge in [0.05, 0.1) is 11.6 Å². The molecule has 0 aliphatic heterocycles. The Hall–Kier alpha value is -0.910. The highest BCUT2D eigenvalue weighted by atomic mass is 79.9. The van der Waals surface area contributed by atoms with Crippen LogP contribution in [0.1, 0.15) is 28.9 Å². The first kappa shape index (κ1) is 15.5. The molecule has 1 aromatic heterocycles. The van der Waals surface area contributed by atoms with Crippen LogP contribution in [0.25, 0.3) is 0 Å². The van der Waals surface area contributed by atoms with Crippen molar-refractivity contribution in [3.8, 4) is 0 Å². The van der Waals surface area contributed by atoms with Gasteiger partial charge < -0.3 is 5.32 Å². The van der Waals surface area contributed by atoms with E-state index in [4.69, 9.17) is 11.6 Å². The van der Waals surface area contributed by atoms with Crippen LogP contribution in [0.5, 0.6) is 0 Å². The van der Waals surface area contributed by atoms with E-state index in [-0.39, 0.29) is 17.1 Å². The number of carbonyl (C=O) groups excluding carboxylic acids is 1. The summed E-state index contributed by atoms with van der Waals surface area (Å²) in [5.41, 5.74) is 1.37. The third-order valence-electron chi connectivity index (χ3n) is 2.77. The molecule has 20 heavy (non-hydrogen) atoms. The molecule has 0 aliphatic carbocycles. The minimum Gasteiger partial charge on any atom is -0.345 e. The molecule has 0 saturated carbocycles.